The van der Waals surface area contributed by atoms with Crippen LogP contribution in [0.25, 0.3) is 0 Å². The summed E-state index contributed by atoms with van der Waals surface area (Å²) in [5, 5.41) is 0. The Morgan fingerprint density at radius 2 is 0.323 bits per heavy atom. The van der Waals surface area contributed by atoms with Crippen LogP contribution < -0.4 is 0 Å². The van der Waals surface area contributed by atoms with Gasteiger partial charge in [-0.05, 0) is 57.8 Å². The van der Waals surface area contributed by atoms with E-state index in [9.17, 15) is 28.8 Å². The fourth-order valence-corrected chi connectivity index (χ4v) is 13.9. The highest BCUT2D eigenvalue weighted by Crippen LogP contribution is 2.32. The zero-order valence-electron chi connectivity index (χ0n) is 65.8. The minimum atomic E-state index is -0.265. The Morgan fingerprint density at radius 3 is 0.455 bits per heavy atom. The van der Waals surface area contributed by atoms with Gasteiger partial charge in [-0.2, -0.15) is 0 Å². The molecule has 0 aromatic carbocycles. The Hall–Kier alpha value is -3.30. The maximum Gasteiger partial charge on any atom is 0.307 e. The summed E-state index contributed by atoms with van der Waals surface area (Å²) in [6.45, 7) is 17.8. The molecule has 15 nitrogen and oxygen atoms in total. The molecule has 0 amide bonds. The Morgan fingerprint density at radius 1 is 0.202 bits per heavy atom. The average molecular weight is 1400 g/mol. The summed E-state index contributed by atoms with van der Waals surface area (Å²) < 4.78 is 35.5. The summed E-state index contributed by atoms with van der Waals surface area (Å²) in [5.74, 6) is -1.59. The van der Waals surface area contributed by atoms with Crippen molar-refractivity contribution in [3.05, 3.63) is 0 Å². The van der Waals surface area contributed by atoms with Gasteiger partial charge in [0.1, 0.15) is 0 Å². The predicted octanol–water partition coefficient (Wildman–Crippen LogP) is 21.6. The topological polar surface area (TPSA) is 168 Å². The standard InChI is InChI=1S/C84H159N3O12/c1-7-13-19-25-31-37-43-49-67-94-79(88)55-61-85(62-56-80(89)95-68-50-44-38-32-26-20-14-8-2)76-73-77(86(63-57-81(90)96-69-51-45-39-33-27-21-15-9-3)64-58-82(91)97-70-52-46-40-34-28-22-16-10-4)75-78(74-76)87(65-59-83(92)98-71-53-47-41-35-29-23-17-11-5)66-60-84(93)99-72-54-48-42-36-30-24-18-12-6/h76-78H,7-75H2,1-6H3. The molecule has 0 radical (unpaired) electrons. The van der Waals surface area contributed by atoms with Gasteiger partial charge in [-0.25, -0.2) is 0 Å². The van der Waals surface area contributed by atoms with Crippen molar-refractivity contribution in [2.75, 3.05) is 78.9 Å². The number of unbranched alkanes of at least 4 members (excludes halogenated alkanes) is 42. The van der Waals surface area contributed by atoms with Crippen molar-refractivity contribution >= 4 is 35.8 Å². The minimum Gasteiger partial charge on any atom is -0.466 e. The molecule has 0 spiro atoms. The number of carbonyl (C=O) groups excluding carboxylic acids is 6. The van der Waals surface area contributed by atoms with Gasteiger partial charge in [-0.15, -0.1) is 0 Å². The molecular weight excluding hydrogens is 1240 g/mol. The average Bonchev–Trinajstić information content (AvgIpc) is 0.815. The summed E-state index contributed by atoms with van der Waals surface area (Å²) in [6, 6.07) is -0.526. The smallest absolute Gasteiger partial charge is 0.307 e. The first-order valence-electron chi connectivity index (χ1n) is 42.7. The molecule has 1 aliphatic rings. The molecule has 0 atom stereocenters. The molecule has 0 aliphatic heterocycles. The van der Waals surface area contributed by atoms with E-state index in [0.717, 1.165) is 116 Å². The van der Waals surface area contributed by atoms with E-state index in [-0.39, 0.29) is 92.5 Å². The van der Waals surface area contributed by atoms with Crippen molar-refractivity contribution < 1.29 is 57.2 Å². The van der Waals surface area contributed by atoms with Gasteiger partial charge in [0.25, 0.3) is 0 Å². The van der Waals surface area contributed by atoms with Crippen LogP contribution in [0.2, 0.25) is 0 Å². The first-order valence-corrected chi connectivity index (χ1v) is 42.7. The molecular formula is C84H159N3O12. The third-order valence-electron chi connectivity index (χ3n) is 20.4. The maximum atomic E-state index is 13.8. The molecule has 0 aromatic heterocycles. The lowest BCUT2D eigenvalue weighted by molar-refractivity contribution is -0.146. The van der Waals surface area contributed by atoms with Crippen molar-refractivity contribution in [1.82, 2.24) is 14.7 Å². The van der Waals surface area contributed by atoms with Crippen molar-refractivity contribution in [3.63, 3.8) is 0 Å². The van der Waals surface area contributed by atoms with Crippen LogP contribution in [-0.2, 0) is 57.2 Å². The monoisotopic (exact) mass is 1400 g/mol. The summed E-state index contributed by atoms with van der Waals surface area (Å²) in [7, 11) is 0. The van der Waals surface area contributed by atoms with Crippen LogP contribution in [0.4, 0.5) is 0 Å². The fourth-order valence-electron chi connectivity index (χ4n) is 13.9. The van der Waals surface area contributed by atoms with Crippen LogP contribution in [0.15, 0.2) is 0 Å². The molecule has 0 aromatic rings. The lowest BCUT2D eigenvalue weighted by Gasteiger charge is -2.47. The van der Waals surface area contributed by atoms with Gasteiger partial charge in [-0.3, -0.25) is 43.5 Å². The highest BCUT2D eigenvalue weighted by molar-refractivity contribution is 5.71. The summed E-state index contributed by atoms with van der Waals surface area (Å²) in [5.41, 5.74) is 0. The van der Waals surface area contributed by atoms with E-state index in [1.54, 1.807) is 0 Å². The van der Waals surface area contributed by atoms with Crippen molar-refractivity contribution in [2.45, 2.75) is 426 Å². The van der Waals surface area contributed by atoms with Crippen LogP contribution in [0.1, 0.15) is 408 Å². The Labute approximate surface area is 609 Å². The number of carbonyl (C=O) groups is 6. The largest absolute Gasteiger partial charge is 0.466 e. The van der Waals surface area contributed by atoms with Gasteiger partial charge < -0.3 is 28.4 Å². The second kappa shape index (κ2) is 71.7. The van der Waals surface area contributed by atoms with Crippen LogP contribution in [0, 0.1) is 0 Å². The highest BCUT2D eigenvalue weighted by Gasteiger charge is 2.38. The van der Waals surface area contributed by atoms with E-state index >= 15 is 0 Å². The van der Waals surface area contributed by atoms with Crippen LogP contribution in [-0.4, -0.2) is 148 Å². The molecule has 0 N–H and O–H groups in total. The number of nitrogens with zero attached hydrogens (tertiary/aromatic N) is 3. The second-order valence-corrected chi connectivity index (χ2v) is 29.4. The van der Waals surface area contributed by atoms with Crippen molar-refractivity contribution in [1.29, 1.82) is 0 Å². The van der Waals surface area contributed by atoms with E-state index < -0.39 is 0 Å². The molecule has 0 heterocycles. The Balaban J connectivity index is 3.76. The lowest BCUT2D eigenvalue weighted by Crippen LogP contribution is -2.55. The van der Waals surface area contributed by atoms with Gasteiger partial charge in [0.05, 0.1) is 78.2 Å². The third kappa shape index (κ3) is 59.8. The molecule has 1 saturated carbocycles. The summed E-state index contributed by atoms with van der Waals surface area (Å²) in [4.78, 5) is 89.5. The van der Waals surface area contributed by atoms with E-state index in [4.69, 9.17) is 28.4 Å². The fraction of sp³-hybridized carbons (Fsp3) is 0.929. The minimum absolute atomic E-state index is 0.147. The zero-order chi connectivity index (χ0) is 72.0. The van der Waals surface area contributed by atoms with E-state index in [1.165, 1.54) is 193 Å². The number of hydrogen-bond donors (Lipinski definition) is 0. The van der Waals surface area contributed by atoms with Crippen LogP contribution >= 0.6 is 0 Å². The number of rotatable bonds is 75. The molecule has 15 heteroatoms. The first-order chi connectivity index (χ1) is 48.5. The quantitative estimate of drug-likeness (QED) is 0.0320. The Bertz CT molecular complexity index is 1530. The molecule has 0 bridgehead atoms. The SMILES string of the molecule is CCCCCCCCCCOC(=O)CCN(CCC(=O)OCCCCCCCCCC)C1CC(N(CCC(=O)OCCCCCCCCCC)CCC(=O)OCCCCCCCCCC)CC(N(CCC(=O)OCCCCCCCCCC)CCC(=O)OCCCCCCCCCC)C1. The first kappa shape index (κ1) is 93.7. The van der Waals surface area contributed by atoms with Crippen molar-refractivity contribution in [2.24, 2.45) is 0 Å². The number of esters is 6. The zero-order valence-corrected chi connectivity index (χ0v) is 65.8. The predicted molar refractivity (Wildman–Crippen MR) is 409 cm³/mol. The normalized spacial score (nSPS) is 14.7. The molecule has 582 valence electrons. The molecule has 1 aliphatic carbocycles. The summed E-state index contributed by atoms with van der Waals surface area (Å²) in [6.07, 6.45) is 57.8. The Kier molecular flexibility index (Phi) is 67.9. The maximum absolute atomic E-state index is 13.8. The van der Waals surface area contributed by atoms with Crippen LogP contribution in [0.3, 0.4) is 0 Å². The van der Waals surface area contributed by atoms with Gasteiger partial charge in [0.15, 0.2) is 0 Å². The van der Waals surface area contributed by atoms with E-state index in [1.807, 2.05) is 0 Å². The molecule has 0 saturated heterocycles. The molecule has 1 rings (SSSR count). The lowest BCUT2D eigenvalue weighted by atomic mass is 9.83. The second-order valence-electron chi connectivity index (χ2n) is 29.4. The summed E-state index contributed by atoms with van der Waals surface area (Å²) >= 11 is 0. The van der Waals surface area contributed by atoms with Crippen LogP contribution in [0.5, 0.6) is 0 Å². The van der Waals surface area contributed by atoms with Crippen molar-refractivity contribution in [3.8, 4) is 0 Å². The number of ether oxygens (including phenoxy) is 6. The highest BCUT2D eigenvalue weighted by atomic mass is 16.6. The third-order valence-corrected chi connectivity index (χ3v) is 20.4. The molecule has 0 unspecified atom stereocenters. The molecule has 1 fully saturated rings. The van der Waals surface area contributed by atoms with Gasteiger partial charge in [0, 0.05) is 57.4 Å². The molecule has 99 heavy (non-hydrogen) atoms. The van der Waals surface area contributed by atoms with Gasteiger partial charge >= 0.3 is 35.8 Å². The van der Waals surface area contributed by atoms with E-state index in [0.29, 0.717) is 98.2 Å². The number of hydrogen-bond acceptors (Lipinski definition) is 15. The van der Waals surface area contributed by atoms with Gasteiger partial charge in [0.2, 0.25) is 0 Å². The van der Waals surface area contributed by atoms with Gasteiger partial charge in [-0.1, -0.05) is 311 Å². The van der Waals surface area contributed by atoms with E-state index in [2.05, 4.69) is 56.2 Å².